The van der Waals surface area contributed by atoms with Crippen LogP contribution in [0.15, 0.2) is 22.8 Å². The van der Waals surface area contributed by atoms with Gasteiger partial charge in [-0.1, -0.05) is 16.4 Å². The summed E-state index contributed by atoms with van der Waals surface area (Å²) in [4.78, 5) is 0. The molecule has 5 nitrogen and oxygen atoms in total. The normalized spacial score (nSPS) is 9.94. The number of nitriles is 1. The lowest BCUT2D eigenvalue weighted by Crippen LogP contribution is -2.03. The number of aromatic nitrogens is 2. The first-order valence-corrected chi connectivity index (χ1v) is 4.93. The summed E-state index contributed by atoms with van der Waals surface area (Å²) >= 11 is 0. The number of rotatable bonds is 3. The van der Waals surface area contributed by atoms with E-state index in [9.17, 15) is 4.39 Å². The molecule has 17 heavy (non-hydrogen) atoms. The molecule has 0 spiro atoms. The molecule has 1 N–H and O–H groups in total. The third-order valence-corrected chi connectivity index (χ3v) is 2.32. The summed E-state index contributed by atoms with van der Waals surface area (Å²) in [5.41, 5.74) is 1.70. The largest absolute Gasteiger partial charge is 0.378 e. The summed E-state index contributed by atoms with van der Waals surface area (Å²) in [6.45, 7) is 2.08. The van der Waals surface area contributed by atoms with Gasteiger partial charge in [0.1, 0.15) is 28.8 Å². The van der Waals surface area contributed by atoms with Crippen molar-refractivity contribution in [2.24, 2.45) is 0 Å². The van der Waals surface area contributed by atoms with Crippen molar-refractivity contribution in [2.75, 3.05) is 5.32 Å². The van der Waals surface area contributed by atoms with Crippen LogP contribution in [0.1, 0.15) is 17.0 Å². The molecule has 86 valence electrons. The van der Waals surface area contributed by atoms with Gasteiger partial charge in [-0.3, -0.25) is 0 Å². The van der Waals surface area contributed by atoms with Crippen LogP contribution in [0, 0.1) is 24.1 Å². The Morgan fingerprint density at radius 1 is 1.47 bits per heavy atom. The maximum absolute atomic E-state index is 13.3. The number of halogens is 1. The third kappa shape index (κ3) is 2.23. The molecule has 2 rings (SSSR count). The third-order valence-electron chi connectivity index (χ3n) is 2.32. The van der Waals surface area contributed by atoms with Crippen LogP contribution in [0.4, 0.5) is 10.1 Å². The number of anilines is 1. The second kappa shape index (κ2) is 4.61. The van der Waals surface area contributed by atoms with Gasteiger partial charge in [-0.25, -0.2) is 9.02 Å². The minimum atomic E-state index is -0.549. The van der Waals surface area contributed by atoms with E-state index in [4.69, 9.17) is 5.26 Å². The summed E-state index contributed by atoms with van der Waals surface area (Å²) in [6, 6.07) is 6.22. The zero-order valence-electron chi connectivity index (χ0n) is 9.07. The summed E-state index contributed by atoms with van der Waals surface area (Å²) in [5.74, 6) is -0.549. The quantitative estimate of drug-likeness (QED) is 0.875. The number of benzene rings is 1. The van der Waals surface area contributed by atoms with Crippen LogP contribution < -0.4 is 5.32 Å². The fourth-order valence-corrected chi connectivity index (χ4v) is 1.37. The molecule has 0 fully saturated rings. The van der Waals surface area contributed by atoms with Crippen molar-refractivity contribution in [3.63, 3.8) is 0 Å². The van der Waals surface area contributed by atoms with E-state index in [1.54, 1.807) is 13.0 Å². The molecule has 0 atom stereocenters. The van der Waals surface area contributed by atoms with Crippen LogP contribution in [0.5, 0.6) is 0 Å². The molecule has 1 aromatic heterocycles. The first kappa shape index (κ1) is 11.1. The van der Waals surface area contributed by atoms with Gasteiger partial charge in [0.25, 0.3) is 0 Å². The Hall–Kier alpha value is -2.42. The molecule has 0 aliphatic carbocycles. The molecular weight excluding hydrogens is 223 g/mol. The molecule has 0 radical (unpaired) electrons. The molecular formula is C11H9FN4O. The standard InChI is InChI=1S/C11H9FN4O/c1-7-11(16-17-15-7)6-14-10-4-2-3-9(12)8(10)5-13/h2-4,14H,6H2,1H3. The Bertz CT molecular complexity index is 573. The monoisotopic (exact) mass is 232 g/mol. The maximum Gasteiger partial charge on any atom is 0.143 e. The van der Waals surface area contributed by atoms with Crippen LogP contribution in [0.2, 0.25) is 0 Å². The Kier molecular flexibility index (Phi) is 3.01. The van der Waals surface area contributed by atoms with E-state index in [0.717, 1.165) is 0 Å². The fraction of sp³-hybridized carbons (Fsp3) is 0.182. The molecule has 0 aliphatic rings. The van der Waals surface area contributed by atoms with E-state index in [1.165, 1.54) is 12.1 Å². The summed E-state index contributed by atoms with van der Waals surface area (Å²) in [6.07, 6.45) is 0. The highest BCUT2D eigenvalue weighted by atomic mass is 19.1. The highest BCUT2D eigenvalue weighted by Crippen LogP contribution is 2.18. The zero-order chi connectivity index (χ0) is 12.3. The van der Waals surface area contributed by atoms with Gasteiger partial charge in [0.05, 0.1) is 12.2 Å². The number of nitrogens with one attached hydrogen (secondary N) is 1. The van der Waals surface area contributed by atoms with Gasteiger partial charge in [0, 0.05) is 0 Å². The Morgan fingerprint density at radius 3 is 2.94 bits per heavy atom. The number of nitrogens with zero attached hydrogens (tertiary/aromatic N) is 3. The van der Waals surface area contributed by atoms with Crippen LogP contribution in [0.25, 0.3) is 0 Å². The van der Waals surface area contributed by atoms with Gasteiger partial charge in [0.15, 0.2) is 0 Å². The SMILES string of the molecule is Cc1nonc1CNc1cccc(F)c1C#N. The maximum atomic E-state index is 13.3. The van der Waals surface area contributed by atoms with E-state index in [2.05, 4.69) is 20.3 Å². The molecule has 0 saturated carbocycles. The van der Waals surface area contributed by atoms with Crippen molar-refractivity contribution in [1.29, 1.82) is 5.26 Å². The van der Waals surface area contributed by atoms with Crippen LogP contribution in [-0.2, 0) is 6.54 Å². The first-order valence-electron chi connectivity index (χ1n) is 4.93. The highest BCUT2D eigenvalue weighted by Gasteiger charge is 2.09. The molecule has 0 aliphatic heterocycles. The Balaban J connectivity index is 2.18. The molecule has 1 heterocycles. The fourth-order valence-electron chi connectivity index (χ4n) is 1.37. The van der Waals surface area contributed by atoms with Crippen LogP contribution in [0.3, 0.4) is 0 Å². The molecule has 1 aromatic carbocycles. The Morgan fingerprint density at radius 2 is 2.29 bits per heavy atom. The highest BCUT2D eigenvalue weighted by molar-refractivity contribution is 5.57. The minimum absolute atomic E-state index is 0.0124. The average molecular weight is 232 g/mol. The molecule has 6 heteroatoms. The van der Waals surface area contributed by atoms with Crippen molar-refractivity contribution in [1.82, 2.24) is 10.3 Å². The van der Waals surface area contributed by atoms with Crippen molar-refractivity contribution in [3.05, 3.63) is 41.0 Å². The van der Waals surface area contributed by atoms with Crippen LogP contribution in [-0.4, -0.2) is 10.3 Å². The molecule has 0 unspecified atom stereocenters. The van der Waals surface area contributed by atoms with Gasteiger partial charge in [0.2, 0.25) is 0 Å². The van der Waals surface area contributed by atoms with E-state index < -0.39 is 5.82 Å². The van der Waals surface area contributed by atoms with Gasteiger partial charge < -0.3 is 5.32 Å². The first-order chi connectivity index (χ1) is 8.22. The number of hydrogen-bond donors (Lipinski definition) is 1. The minimum Gasteiger partial charge on any atom is -0.378 e. The van der Waals surface area contributed by atoms with Gasteiger partial charge in [-0.05, 0) is 19.1 Å². The topological polar surface area (TPSA) is 74.7 Å². The predicted octanol–water partition coefficient (Wildman–Crippen LogP) is 2.00. The van der Waals surface area contributed by atoms with E-state index in [-0.39, 0.29) is 5.56 Å². The number of aryl methyl sites for hydroxylation is 1. The lowest BCUT2D eigenvalue weighted by Gasteiger charge is -2.06. The smallest absolute Gasteiger partial charge is 0.143 e. The van der Waals surface area contributed by atoms with Crippen LogP contribution >= 0.6 is 0 Å². The summed E-state index contributed by atoms with van der Waals surface area (Å²) in [5, 5.41) is 19.1. The van der Waals surface area contributed by atoms with Crippen molar-refractivity contribution in [2.45, 2.75) is 13.5 Å². The van der Waals surface area contributed by atoms with Gasteiger partial charge in [-0.15, -0.1) is 0 Å². The molecule has 0 saturated heterocycles. The van der Waals surface area contributed by atoms with Crippen molar-refractivity contribution >= 4 is 5.69 Å². The van der Waals surface area contributed by atoms with Gasteiger partial charge >= 0.3 is 0 Å². The molecule has 0 bridgehead atoms. The molecule has 0 amide bonds. The van der Waals surface area contributed by atoms with Gasteiger partial charge in [-0.2, -0.15) is 5.26 Å². The van der Waals surface area contributed by atoms with E-state index in [0.29, 0.717) is 23.6 Å². The van der Waals surface area contributed by atoms with E-state index >= 15 is 0 Å². The summed E-state index contributed by atoms with van der Waals surface area (Å²) < 4.78 is 17.8. The average Bonchev–Trinajstić information content (AvgIpc) is 2.72. The van der Waals surface area contributed by atoms with Crippen molar-refractivity contribution < 1.29 is 9.02 Å². The molecule has 2 aromatic rings. The predicted molar refractivity (Wildman–Crippen MR) is 57.5 cm³/mol. The second-order valence-corrected chi connectivity index (χ2v) is 3.42. The lowest BCUT2D eigenvalue weighted by atomic mass is 10.2. The zero-order valence-corrected chi connectivity index (χ0v) is 9.07. The number of hydrogen-bond acceptors (Lipinski definition) is 5. The van der Waals surface area contributed by atoms with Crippen molar-refractivity contribution in [3.8, 4) is 6.07 Å². The Labute approximate surface area is 96.8 Å². The lowest BCUT2D eigenvalue weighted by molar-refractivity contribution is 0.301. The second-order valence-electron chi connectivity index (χ2n) is 3.42. The summed E-state index contributed by atoms with van der Waals surface area (Å²) in [7, 11) is 0. The van der Waals surface area contributed by atoms with E-state index in [1.807, 2.05) is 6.07 Å².